The lowest BCUT2D eigenvalue weighted by atomic mass is 10.0. The van der Waals surface area contributed by atoms with Gasteiger partial charge in [-0.15, -0.1) is 0 Å². The van der Waals surface area contributed by atoms with Crippen LogP contribution in [0.5, 0.6) is 0 Å². The van der Waals surface area contributed by atoms with E-state index >= 15 is 0 Å². The highest BCUT2D eigenvalue weighted by atomic mass is 16.6. The van der Waals surface area contributed by atoms with Gasteiger partial charge in [-0.05, 0) is 25.2 Å². The number of hydrogen-bond acceptors (Lipinski definition) is 6. The first kappa shape index (κ1) is 20.8. The largest absolute Gasteiger partial charge is 0.479 e. The van der Waals surface area contributed by atoms with Gasteiger partial charge in [0.15, 0.2) is 18.2 Å². The topological polar surface area (TPSA) is 170 Å². The second-order valence-electron chi connectivity index (χ2n) is 6.34. The first-order valence-corrected chi connectivity index (χ1v) is 8.27. The summed E-state index contributed by atoms with van der Waals surface area (Å²) in [5.74, 6) is -1.78. The van der Waals surface area contributed by atoms with Crippen LogP contribution >= 0.6 is 0 Å². The molecule has 1 saturated heterocycles. The number of aliphatic carboxylic acids is 1. The van der Waals surface area contributed by atoms with Crippen LogP contribution < -0.4 is 21.7 Å². The number of nitrogens with one attached hydrogen (secondary N) is 4. The fraction of sp³-hybridized carbons (Fsp3) is 0.733. The van der Waals surface area contributed by atoms with Crippen molar-refractivity contribution in [3.8, 4) is 0 Å². The summed E-state index contributed by atoms with van der Waals surface area (Å²) in [5.41, 5.74) is 5.72. The SMILES string of the molecule is CC(C)C[C@H](N)C(=O)NC(=N)NCCCCNC(=O)[C@H]1O[C@@H]1C(=O)O. The zero-order chi connectivity index (χ0) is 19.0. The Bertz CT molecular complexity index is 511. The van der Waals surface area contributed by atoms with Crippen LogP contribution in [0.15, 0.2) is 0 Å². The number of rotatable bonds is 10. The predicted octanol–water partition coefficient (Wildman–Crippen LogP) is -1.25. The summed E-state index contributed by atoms with van der Waals surface area (Å²) < 4.78 is 4.73. The molecular formula is C15H27N5O5. The predicted molar refractivity (Wildman–Crippen MR) is 89.8 cm³/mol. The molecule has 1 aliphatic heterocycles. The molecule has 3 atom stereocenters. The highest BCUT2D eigenvalue weighted by Crippen LogP contribution is 2.21. The van der Waals surface area contributed by atoms with Crippen LogP contribution in [-0.2, 0) is 19.1 Å². The third kappa shape index (κ3) is 7.94. The van der Waals surface area contributed by atoms with Crippen molar-refractivity contribution in [3.05, 3.63) is 0 Å². The number of amides is 2. The molecular weight excluding hydrogens is 330 g/mol. The number of hydrogen-bond donors (Lipinski definition) is 6. The summed E-state index contributed by atoms with van der Waals surface area (Å²) in [6.45, 7) is 4.76. The van der Waals surface area contributed by atoms with Crippen molar-refractivity contribution in [2.45, 2.75) is 51.4 Å². The van der Waals surface area contributed by atoms with Gasteiger partial charge < -0.3 is 26.2 Å². The average Bonchev–Trinajstić information content (AvgIpc) is 3.30. The Balaban J connectivity index is 2.04. The number of carboxylic acids is 1. The van der Waals surface area contributed by atoms with Gasteiger partial charge in [0.2, 0.25) is 5.91 Å². The summed E-state index contributed by atoms with van der Waals surface area (Å²) in [6.07, 6.45) is -0.0875. The zero-order valence-corrected chi connectivity index (χ0v) is 14.5. The summed E-state index contributed by atoms with van der Waals surface area (Å²) in [6, 6.07) is -0.642. The molecule has 1 aliphatic rings. The lowest BCUT2D eigenvalue weighted by Gasteiger charge is -2.15. The second kappa shape index (κ2) is 9.94. The highest BCUT2D eigenvalue weighted by Gasteiger charge is 2.50. The second-order valence-corrected chi connectivity index (χ2v) is 6.34. The lowest BCUT2D eigenvalue weighted by Crippen LogP contribution is -2.48. The van der Waals surface area contributed by atoms with E-state index in [4.69, 9.17) is 21.0 Å². The minimum Gasteiger partial charge on any atom is -0.479 e. The van der Waals surface area contributed by atoms with Crippen molar-refractivity contribution < 1.29 is 24.2 Å². The van der Waals surface area contributed by atoms with Gasteiger partial charge in [-0.3, -0.25) is 20.3 Å². The van der Waals surface area contributed by atoms with Crippen LogP contribution in [0.4, 0.5) is 0 Å². The highest BCUT2D eigenvalue weighted by molar-refractivity contribution is 5.97. The molecule has 0 aromatic rings. The Labute approximate surface area is 146 Å². The third-order valence-electron chi connectivity index (χ3n) is 3.51. The molecule has 10 heteroatoms. The molecule has 0 aromatic carbocycles. The lowest BCUT2D eigenvalue weighted by molar-refractivity contribution is -0.138. The first-order valence-electron chi connectivity index (χ1n) is 8.27. The molecule has 1 fully saturated rings. The molecule has 25 heavy (non-hydrogen) atoms. The molecule has 0 aliphatic carbocycles. The van der Waals surface area contributed by atoms with Gasteiger partial charge in [0, 0.05) is 13.1 Å². The summed E-state index contributed by atoms with van der Waals surface area (Å²) >= 11 is 0. The molecule has 10 nitrogen and oxygen atoms in total. The minimum atomic E-state index is -1.14. The number of unbranched alkanes of at least 4 members (excludes halogenated alkanes) is 1. The van der Waals surface area contributed by atoms with E-state index in [-0.39, 0.29) is 5.96 Å². The Morgan fingerprint density at radius 1 is 1.16 bits per heavy atom. The standard InChI is InChI=1S/C15H27N5O5/c1-8(2)7-9(16)12(21)20-15(17)19-6-4-3-5-18-13(22)10-11(25-10)14(23)24/h8-11H,3-7,16H2,1-2H3,(H,18,22)(H,23,24)(H3,17,19,20,21)/t9-,10-,11-/m0/s1. The number of guanidine groups is 1. The normalized spacial score (nSPS) is 19.8. The minimum absolute atomic E-state index is 0.107. The molecule has 7 N–H and O–H groups in total. The van der Waals surface area contributed by atoms with Crippen LogP contribution in [-0.4, -0.2) is 60.2 Å². The van der Waals surface area contributed by atoms with Gasteiger partial charge in [0.1, 0.15) is 0 Å². The van der Waals surface area contributed by atoms with Crippen molar-refractivity contribution in [2.24, 2.45) is 11.7 Å². The Kier molecular flexibility index (Phi) is 8.29. The van der Waals surface area contributed by atoms with Gasteiger partial charge in [-0.2, -0.15) is 0 Å². The average molecular weight is 357 g/mol. The van der Waals surface area contributed by atoms with Crippen molar-refractivity contribution in [1.29, 1.82) is 5.41 Å². The quantitative estimate of drug-likeness (QED) is 0.123. The van der Waals surface area contributed by atoms with E-state index in [0.29, 0.717) is 38.3 Å². The van der Waals surface area contributed by atoms with E-state index in [2.05, 4.69) is 16.0 Å². The van der Waals surface area contributed by atoms with Crippen LogP contribution in [0.3, 0.4) is 0 Å². The molecule has 0 spiro atoms. The van der Waals surface area contributed by atoms with Gasteiger partial charge in [0.25, 0.3) is 5.91 Å². The van der Waals surface area contributed by atoms with E-state index in [1.165, 1.54) is 0 Å². The molecule has 142 valence electrons. The van der Waals surface area contributed by atoms with E-state index in [0.717, 1.165) is 0 Å². The Hall–Kier alpha value is -2.20. The molecule has 0 radical (unpaired) electrons. The van der Waals surface area contributed by atoms with E-state index in [9.17, 15) is 14.4 Å². The third-order valence-corrected chi connectivity index (χ3v) is 3.51. The van der Waals surface area contributed by atoms with Crippen LogP contribution in [0, 0.1) is 11.3 Å². The summed E-state index contributed by atoms with van der Waals surface area (Å²) in [4.78, 5) is 33.8. The summed E-state index contributed by atoms with van der Waals surface area (Å²) in [5, 5.41) is 24.0. The molecule has 0 saturated carbocycles. The van der Waals surface area contributed by atoms with Gasteiger partial charge in [-0.25, -0.2) is 4.79 Å². The molecule has 1 rings (SSSR count). The molecule has 2 amide bonds. The summed E-state index contributed by atoms with van der Waals surface area (Å²) in [7, 11) is 0. The number of ether oxygens (including phenoxy) is 1. The number of carboxylic acid groups (broad SMARTS) is 1. The number of carbonyl (C=O) groups excluding carboxylic acids is 2. The van der Waals surface area contributed by atoms with Crippen molar-refractivity contribution in [2.75, 3.05) is 13.1 Å². The van der Waals surface area contributed by atoms with Gasteiger partial charge in [-0.1, -0.05) is 13.8 Å². The fourth-order valence-corrected chi connectivity index (χ4v) is 2.15. The van der Waals surface area contributed by atoms with E-state index in [1.54, 1.807) is 0 Å². The smallest absolute Gasteiger partial charge is 0.336 e. The number of nitrogens with two attached hydrogens (primary N) is 1. The van der Waals surface area contributed by atoms with Crippen molar-refractivity contribution >= 4 is 23.7 Å². The first-order chi connectivity index (χ1) is 11.7. The van der Waals surface area contributed by atoms with Crippen LogP contribution in [0.2, 0.25) is 0 Å². The molecule has 0 aromatic heterocycles. The maximum atomic E-state index is 11.7. The molecule has 0 bridgehead atoms. The van der Waals surface area contributed by atoms with E-state index in [1.807, 2.05) is 13.8 Å². The van der Waals surface area contributed by atoms with Crippen LogP contribution in [0.25, 0.3) is 0 Å². The number of epoxide rings is 1. The van der Waals surface area contributed by atoms with Crippen LogP contribution in [0.1, 0.15) is 33.1 Å². The van der Waals surface area contributed by atoms with Gasteiger partial charge in [0.05, 0.1) is 6.04 Å². The van der Waals surface area contributed by atoms with Gasteiger partial charge >= 0.3 is 5.97 Å². The Morgan fingerprint density at radius 3 is 2.28 bits per heavy atom. The Morgan fingerprint density at radius 2 is 1.76 bits per heavy atom. The maximum Gasteiger partial charge on any atom is 0.336 e. The maximum absolute atomic E-state index is 11.7. The fourth-order valence-electron chi connectivity index (χ4n) is 2.15. The number of carbonyl (C=O) groups is 3. The molecule has 0 unspecified atom stereocenters. The zero-order valence-electron chi connectivity index (χ0n) is 14.5. The molecule has 1 heterocycles. The monoisotopic (exact) mass is 357 g/mol. The van der Waals surface area contributed by atoms with Crippen molar-refractivity contribution in [3.63, 3.8) is 0 Å². The van der Waals surface area contributed by atoms with E-state index < -0.39 is 36.0 Å². The van der Waals surface area contributed by atoms with Crippen molar-refractivity contribution in [1.82, 2.24) is 16.0 Å².